The van der Waals surface area contributed by atoms with Crippen LogP contribution in [-0.2, 0) is 20.9 Å². The van der Waals surface area contributed by atoms with Crippen LogP contribution < -0.4 is 10.6 Å². The molecule has 2 bridgehead atoms. The van der Waals surface area contributed by atoms with Crippen molar-refractivity contribution in [2.45, 2.75) is 59.0 Å². The molecule has 2 aliphatic rings. The summed E-state index contributed by atoms with van der Waals surface area (Å²) in [6.45, 7) is 5.10. The molecule has 0 aromatic carbocycles. The maximum atomic E-state index is 12.0. The summed E-state index contributed by atoms with van der Waals surface area (Å²) in [5, 5.41) is 9.24. The molecule has 0 radical (unpaired) electrons. The van der Waals surface area contributed by atoms with Crippen LogP contribution in [0.1, 0.15) is 44.0 Å². The summed E-state index contributed by atoms with van der Waals surface area (Å²) in [6.07, 6.45) is 4.97. The van der Waals surface area contributed by atoms with Crippen LogP contribution in [0.15, 0.2) is 6.07 Å². The van der Waals surface area contributed by atoms with Crippen LogP contribution in [-0.4, -0.2) is 40.3 Å². The molecule has 0 aliphatic heterocycles. The summed E-state index contributed by atoms with van der Waals surface area (Å²) in [4.78, 5) is 35.7. The molecule has 1 aromatic heterocycles. The van der Waals surface area contributed by atoms with E-state index in [-0.39, 0.29) is 12.6 Å². The topological polar surface area (TPSA) is 102 Å². The Morgan fingerprint density at radius 1 is 1.30 bits per heavy atom. The van der Waals surface area contributed by atoms with Crippen molar-refractivity contribution in [3.05, 3.63) is 17.5 Å². The largest absolute Gasteiger partial charge is 0.454 e. The molecule has 2 aliphatic carbocycles. The molecule has 3 amide bonds. The number of imide groups is 1. The van der Waals surface area contributed by atoms with Gasteiger partial charge in [0.15, 0.2) is 6.61 Å². The van der Waals surface area contributed by atoms with E-state index in [1.165, 1.54) is 23.9 Å². The first-order valence-corrected chi connectivity index (χ1v) is 9.59. The molecule has 2 N–H and O–H groups in total. The quantitative estimate of drug-likeness (QED) is 0.736. The number of hydrogen-bond donors (Lipinski definition) is 2. The van der Waals surface area contributed by atoms with Gasteiger partial charge in [0.1, 0.15) is 6.54 Å². The van der Waals surface area contributed by atoms with E-state index in [2.05, 4.69) is 15.7 Å². The SMILES string of the molecule is Cc1cc(C)n(CC(=O)OCC(=O)NC(=O)N[C@H](C)[C@H]2C[C@H]3CC[C@H]2C3)n1. The molecule has 0 unspecified atom stereocenters. The first kappa shape index (κ1) is 19.4. The molecule has 0 saturated heterocycles. The van der Waals surface area contributed by atoms with E-state index in [0.717, 1.165) is 23.7 Å². The van der Waals surface area contributed by atoms with Gasteiger partial charge >= 0.3 is 12.0 Å². The Morgan fingerprint density at radius 3 is 2.67 bits per heavy atom. The lowest BCUT2D eigenvalue weighted by Crippen LogP contribution is -2.48. The Hall–Kier alpha value is -2.38. The monoisotopic (exact) mass is 376 g/mol. The fourth-order valence-electron chi connectivity index (χ4n) is 4.57. The van der Waals surface area contributed by atoms with E-state index in [1.54, 1.807) is 0 Å². The number of carbonyl (C=O) groups excluding carboxylic acids is 3. The maximum absolute atomic E-state index is 12.0. The molecular formula is C19H28N4O4. The Kier molecular flexibility index (Phi) is 5.82. The lowest BCUT2D eigenvalue weighted by Gasteiger charge is -2.28. The molecule has 27 heavy (non-hydrogen) atoms. The number of urea groups is 1. The third-order valence-electron chi connectivity index (χ3n) is 5.79. The number of nitrogens with zero attached hydrogens (tertiary/aromatic N) is 2. The summed E-state index contributed by atoms with van der Waals surface area (Å²) in [5.74, 6) is 0.761. The molecule has 4 atom stereocenters. The molecule has 2 fully saturated rings. The van der Waals surface area contributed by atoms with Gasteiger partial charge in [0, 0.05) is 11.7 Å². The van der Waals surface area contributed by atoms with Gasteiger partial charge in [-0.25, -0.2) is 4.79 Å². The number of aryl methyl sites for hydroxylation is 2. The molecule has 148 valence electrons. The third-order valence-corrected chi connectivity index (χ3v) is 5.79. The van der Waals surface area contributed by atoms with Crippen molar-refractivity contribution in [2.24, 2.45) is 17.8 Å². The summed E-state index contributed by atoms with van der Waals surface area (Å²) < 4.78 is 6.44. The van der Waals surface area contributed by atoms with Gasteiger partial charge in [-0.05, 0) is 63.9 Å². The third kappa shape index (κ3) is 4.87. The Balaban J connectivity index is 1.36. The number of rotatable bonds is 6. The van der Waals surface area contributed by atoms with Crippen LogP contribution >= 0.6 is 0 Å². The zero-order chi connectivity index (χ0) is 19.6. The molecule has 2 saturated carbocycles. The van der Waals surface area contributed by atoms with E-state index >= 15 is 0 Å². The fourth-order valence-corrected chi connectivity index (χ4v) is 4.57. The summed E-state index contributed by atoms with van der Waals surface area (Å²) >= 11 is 0. The van der Waals surface area contributed by atoms with Crippen molar-refractivity contribution in [1.29, 1.82) is 0 Å². The van der Waals surface area contributed by atoms with Crippen LogP contribution in [0.4, 0.5) is 4.79 Å². The molecule has 0 spiro atoms. The van der Waals surface area contributed by atoms with E-state index in [1.807, 2.05) is 26.8 Å². The van der Waals surface area contributed by atoms with Crippen molar-refractivity contribution in [3.63, 3.8) is 0 Å². The molecule has 1 aromatic rings. The van der Waals surface area contributed by atoms with Crippen LogP contribution in [0, 0.1) is 31.6 Å². The molecule has 3 rings (SSSR count). The lowest BCUT2D eigenvalue weighted by molar-refractivity contribution is -0.149. The van der Waals surface area contributed by atoms with Gasteiger partial charge < -0.3 is 10.1 Å². The van der Waals surface area contributed by atoms with Gasteiger partial charge in [0.25, 0.3) is 5.91 Å². The number of amides is 3. The number of hydrogen-bond acceptors (Lipinski definition) is 5. The molecule has 8 nitrogen and oxygen atoms in total. The number of nitrogens with one attached hydrogen (secondary N) is 2. The number of fused-ring (bicyclic) bond motifs is 2. The summed E-state index contributed by atoms with van der Waals surface area (Å²) in [5.41, 5.74) is 1.64. The van der Waals surface area contributed by atoms with Crippen LogP contribution in [0.2, 0.25) is 0 Å². The van der Waals surface area contributed by atoms with Crippen LogP contribution in [0.25, 0.3) is 0 Å². The second-order valence-corrected chi connectivity index (χ2v) is 7.89. The van der Waals surface area contributed by atoms with E-state index in [4.69, 9.17) is 4.74 Å². The van der Waals surface area contributed by atoms with Crippen LogP contribution in [0.5, 0.6) is 0 Å². The van der Waals surface area contributed by atoms with Gasteiger partial charge in [-0.1, -0.05) is 6.42 Å². The van der Waals surface area contributed by atoms with E-state index in [0.29, 0.717) is 11.8 Å². The first-order valence-electron chi connectivity index (χ1n) is 9.59. The molecule has 1 heterocycles. The van der Waals surface area contributed by atoms with Crippen molar-refractivity contribution < 1.29 is 19.1 Å². The number of aromatic nitrogens is 2. The lowest BCUT2D eigenvalue weighted by atomic mass is 9.84. The fraction of sp³-hybridized carbons (Fsp3) is 0.684. The highest BCUT2D eigenvalue weighted by Gasteiger charge is 2.42. The van der Waals surface area contributed by atoms with Gasteiger partial charge in [-0.3, -0.25) is 19.6 Å². The molecular weight excluding hydrogens is 348 g/mol. The minimum atomic E-state index is -0.644. The zero-order valence-electron chi connectivity index (χ0n) is 16.2. The van der Waals surface area contributed by atoms with E-state index < -0.39 is 24.5 Å². The van der Waals surface area contributed by atoms with Gasteiger partial charge in [-0.15, -0.1) is 0 Å². The second-order valence-electron chi connectivity index (χ2n) is 7.89. The van der Waals surface area contributed by atoms with Crippen molar-refractivity contribution in [3.8, 4) is 0 Å². The highest BCUT2D eigenvalue weighted by atomic mass is 16.5. The van der Waals surface area contributed by atoms with Crippen molar-refractivity contribution in [1.82, 2.24) is 20.4 Å². The normalized spacial score (nSPS) is 24.5. The highest BCUT2D eigenvalue weighted by Crippen LogP contribution is 2.49. The molecule has 8 heteroatoms. The van der Waals surface area contributed by atoms with Gasteiger partial charge in [0.2, 0.25) is 0 Å². The summed E-state index contributed by atoms with van der Waals surface area (Å²) in [7, 11) is 0. The smallest absolute Gasteiger partial charge is 0.328 e. The second kappa shape index (κ2) is 8.10. The van der Waals surface area contributed by atoms with Crippen molar-refractivity contribution in [2.75, 3.05) is 6.61 Å². The Morgan fingerprint density at radius 2 is 2.07 bits per heavy atom. The van der Waals surface area contributed by atoms with E-state index in [9.17, 15) is 14.4 Å². The van der Waals surface area contributed by atoms with Gasteiger partial charge in [0.05, 0.1) is 5.69 Å². The first-order chi connectivity index (χ1) is 12.8. The van der Waals surface area contributed by atoms with Crippen LogP contribution in [0.3, 0.4) is 0 Å². The zero-order valence-corrected chi connectivity index (χ0v) is 16.2. The standard InChI is InChI=1S/C19H28N4O4/c1-11-6-12(2)23(22-11)9-18(25)27-10-17(24)21-19(26)20-13(3)16-8-14-4-5-15(16)7-14/h6,13-16H,4-5,7-10H2,1-3H3,(H2,20,21,24,26)/t13-,14+,15+,16-/m1/s1. The summed E-state index contributed by atoms with van der Waals surface area (Å²) in [6, 6.07) is 1.34. The van der Waals surface area contributed by atoms with Gasteiger partial charge in [-0.2, -0.15) is 5.10 Å². The predicted molar refractivity (Wildman–Crippen MR) is 97.7 cm³/mol. The average Bonchev–Trinajstić information content (AvgIpc) is 3.29. The number of carbonyl (C=O) groups is 3. The number of ether oxygens (including phenoxy) is 1. The number of esters is 1. The predicted octanol–water partition coefficient (Wildman–Crippen LogP) is 1.69. The maximum Gasteiger partial charge on any atom is 0.328 e. The highest BCUT2D eigenvalue weighted by molar-refractivity contribution is 5.95. The van der Waals surface area contributed by atoms with Crippen molar-refractivity contribution >= 4 is 17.9 Å². The average molecular weight is 376 g/mol. The Bertz CT molecular complexity index is 729. The minimum Gasteiger partial charge on any atom is -0.454 e. The minimum absolute atomic E-state index is 0.0293. The Labute approximate surface area is 159 Å².